The van der Waals surface area contributed by atoms with E-state index in [0.29, 0.717) is 10.8 Å². The SMILES string of the molecule is CC1CCC(Cl)CN1CC1(C)CCCC1. The molecule has 1 aliphatic carbocycles. The first-order valence-corrected chi connectivity index (χ1v) is 6.91. The molecule has 1 saturated carbocycles. The molecule has 0 spiro atoms. The van der Waals surface area contributed by atoms with Crippen LogP contribution in [0.1, 0.15) is 52.4 Å². The molecule has 2 fully saturated rings. The highest BCUT2D eigenvalue weighted by atomic mass is 35.5. The molecule has 0 aromatic carbocycles. The van der Waals surface area contributed by atoms with E-state index in [0.717, 1.165) is 12.6 Å². The van der Waals surface area contributed by atoms with Gasteiger partial charge in [-0.05, 0) is 38.0 Å². The first kappa shape index (κ1) is 11.7. The van der Waals surface area contributed by atoms with E-state index in [1.807, 2.05) is 0 Å². The minimum Gasteiger partial charge on any atom is -0.299 e. The summed E-state index contributed by atoms with van der Waals surface area (Å²) in [6, 6.07) is 0.748. The summed E-state index contributed by atoms with van der Waals surface area (Å²) in [7, 11) is 0. The molecule has 0 bridgehead atoms. The van der Waals surface area contributed by atoms with Crippen LogP contribution in [0.15, 0.2) is 0 Å². The zero-order valence-corrected chi connectivity index (χ0v) is 10.9. The number of nitrogens with zero attached hydrogens (tertiary/aromatic N) is 1. The Morgan fingerprint density at radius 3 is 2.60 bits per heavy atom. The van der Waals surface area contributed by atoms with Crippen molar-refractivity contribution in [2.24, 2.45) is 5.41 Å². The lowest BCUT2D eigenvalue weighted by Gasteiger charge is -2.40. The second kappa shape index (κ2) is 4.63. The number of alkyl halides is 1. The second-order valence-electron chi connectivity index (χ2n) is 5.97. The van der Waals surface area contributed by atoms with Crippen LogP contribution < -0.4 is 0 Å². The molecule has 0 radical (unpaired) electrons. The molecule has 15 heavy (non-hydrogen) atoms. The average Bonchev–Trinajstić information content (AvgIpc) is 2.59. The smallest absolute Gasteiger partial charge is 0.0463 e. The van der Waals surface area contributed by atoms with Crippen molar-refractivity contribution in [3.05, 3.63) is 0 Å². The quantitative estimate of drug-likeness (QED) is 0.654. The summed E-state index contributed by atoms with van der Waals surface area (Å²) in [5.41, 5.74) is 0.586. The highest BCUT2D eigenvalue weighted by molar-refractivity contribution is 6.20. The topological polar surface area (TPSA) is 3.24 Å². The Kier molecular flexibility index (Phi) is 3.62. The fourth-order valence-electron chi connectivity index (χ4n) is 3.23. The van der Waals surface area contributed by atoms with Gasteiger partial charge in [0.15, 0.2) is 0 Å². The van der Waals surface area contributed by atoms with Gasteiger partial charge in [0.25, 0.3) is 0 Å². The predicted molar refractivity (Wildman–Crippen MR) is 66.5 cm³/mol. The highest BCUT2D eigenvalue weighted by Crippen LogP contribution is 2.39. The van der Waals surface area contributed by atoms with Crippen LogP contribution in [-0.2, 0) is 0 Å². The van der Waals surface area contributed by atoms with Crippen LogP contribution in [0, 0.1) is 5.41 Å². The van der Waals surface area contributed by atoms with Crippen LogP contribution >= 0.6 is 11.6 Å². The van der Waals surface area contributed by atoms with Crippen molar-refractivity contribution in [2.75, 3.05) is 13.1 Å². The number of hydrogen-bond acceptors (Lipinski definition) is 1. The summed E-state index contributed by atoms with van der Waals surface area (Å²) in [5, 5.41) is 0.395. The molecular formula is C13H24ClN. The number of halogens is 1. The van der Waals surface area contributed by atoms with Crippen LogP contribution in [0.25, 0.3) is 0 Å². The second-order valence-corrected chi connectivity index (χ2v) is 6.59. The van der Waals surface area contributed by atoms with E-state index in [1.165, 1.54) is 45.1 Å². The Labute approximate surface area is 99.2 Å². The molecule has 1 aliphatic heterocycles. The molecule has 88 valence electrons. The predicted octanol–water partition coefficient (Wildman–Crippen LogP) is 3.66. The minimum absolute atomic E-state index is 0.395. The average molecular weight is 230 g/mol. The molecule has 2 heteroatoms. The normalized spacial score (nSPS) is 37.0. The van der Waals surface area contributed by atoms with E-state index in [1.54, 1.807) is 0 Å². The number of hydrogen-bond donors (Lipinski definition) is 0. The Hall–Kier alpha value is 0.250. The molecular weight excluding hydrogens is 206 g/mol. The van der Waals surface area contributed by atoms with Gasteiger partial charge in [0.2, 0.25) is 0 Å². The van der Waals surface area contributed by atoms with Gasteiger partial charge in [-0.3, -0.25) is 4.90 Å². The Balaban J connectivity index is 1.91. The summed E-state index contributed by atoms with van der Waals surface area (Å²) in [6.45, 7) is 7.21. The summed E-state index contributed by atoms with van der Waals surface area (Å²) in [4.78, 5) is 2.63. The maximum absolute atomic E-state index is 6.27. The molecule has 0 aromatic heterocycles. The lowest BCUT2D eigenvalue weighted by Crippen LogP contribution is -2.46. The lowest BCUT2D eigenvalue weighted by atomic mass is 9.86. The van der Waals surface area contributed by atoms with Gasteiger partial charge < -0.3 is 0 Å². The molecule has 1 heterocycles. The van der Waals surface area contributed by atoms with Crippen molar-refractivity contribution in [3.8, 4) is 0 Å². The van der Waals surface area contributed by atoms with Crippen molar-refractivity contribution in [3.63, 3.8) is 0 Å². The van der Waals surface area contributed by atoms with Crippen molar-refractivity contribution < 1.29 is 0 Å². The van der Waals surface area contributed by atoms with Gasteiger partial charge >= 0.3 is 0 Å². The fourth-order valence-corrected chi connectivity index (χ4v) is 3.53. The number of likely N-dealkylation sites (tertiary alicyclic amines) is 1. The van der Waals surface area contributed by atoms with Crippen LogP contribution in [0.5, 0.6) is 0 Å². The number of rotatable bonds is 2. The fraction of sp³-hybridized carbons (Fsp3) is 1.00. The van der Waals surface area contributed by atoms with Crippen LogP contribution in [0.3, 0.4) is 0 Å². The first-order valence-electron chi connectivity index (χ1n) is 6.47. The van der Waals surface area contributed by atoms with Crippen LogP contribution in [0.2, 0.25) is 0 Å². The molecule has 2 aliphatic rings. The van der Waals surface area contributed by atoms with E-state index < -0.39 is 0 Å². The molecule has 0 amide bonds. The Bertz CT molecular complexity index is 211. The first-order chi connectivity index (χ1) is 7.09. The zero-order chi connectivity index (χ0) is 10.9. The highest BCUT2D eigenvalue weighted by Gasteiger charge is 2.34. The molecule has 1 saturated heterocycles. The van der Waals surface area contributed by atoms with Gasteiger partial charge in [0, 0.05) is 24.5 Å². The Morgan fingerprint density at radius 1 is 1.27 bits per heavy atom. The third-order valence-corrected chi connectivity index (χ3v) is 4.71. The Morgan fingerprint density at radius 2 is 1.93 bits per heavy atom. The van der Waals surface area contributed by atoms with Gasteiger partial charge in [-0.1, -0.05) is 19.8 Å². The van der Waals surface area contributed by atoms with Crippen molar-refractivity contribution in [1.29, 1.82) is 0 Å². The van der Waals surface area contributed by atoms with E-state index >= 15 is 0 Å². The van der Waals surface area contributed by atoms with Crippen molar-refractivity contribution >= 4 is 11.6 Å². The maximum Gasteiger partial charge on any atom is 0.0463 e. The minimum atomic E-state index is 0.395. The van der Waals surface area contributed by atoms with Crippen LogP contribution in [-0.4, -0.2) is 29.4 Å². The molecule has 0 aromatic rings. The van der Waals surface area contributed by atoms with Gasteiger partial charge in [-0.15, -0.1) is 11.6 Å². The van der Waals surface area contributed by atoms with Gasteiger partial charge in [-0.25, -0.2) is 0 Å². The third kappa shape index (κ3) is 2.88. The van der Waals surface area contributed by atoms with Crippen LogP contribution in [0.4, 0.5) is 0 Å². The van der Waals surface area contributed by atoms with Crippen molar-refractivity contribution in [1.82, 2.24) is 4.90 Å². The molecule has 1 nitrogen and oxygen atoms in total. The molecule has 2 unspecified atom stereocenters. The third-order valence-electron chi connectivity index (χ3n) is 4.35. The molecule has 2 atom stereocenters. The zero-order valence-electron chi connectivity index (χ0n) is 10.1. The number of piperidine rings is 1. The summed E-state index contributed by atoms with van der Waals surface area (Å²) in [6.07, 6.45) is 8.19. The van der Waals surface area contributed by atoms with Gasteiger partial charge in [0.1, 0.15) is 0 Å². The van der Waals surface area contributed by atoms with Crippen molar-refractivity contribution in [2.45, 2.75) is 63.8 Å². The van der Waals surface area contributed by atoms with E-state index in [9.17, 15) is 0 Å². The summed E-state index contributed by atoms with van der Waals surface area (Å²) >= 11 is 6.27. The van der Waals surface area contributed by atoms with Gasteiger partial charge in [-0.2, -0.15) is 0 Å². The van der Waals surface area contributed by atoms with E-state index in [2.05, 4.69) is 18.7 Å². The lowest BCUT2D eigenvalue weighted by molar-refractivity contribution is 0.101. The molecule has 2 rings (SSSR count). The molecule has 0 N–H and O–H groups in total. The van der Waals surface area contributed by atoms with E-state index in [-0.39, 0.29) is 0 Å². The monoisotopic (exact) mass is 229 g/mol. The van der Waals surface area contributed by atoms with E-state index in [4.69, 9.17) is 11.6 Å². The standard InChI is InChI=1S/C13H24ClN/c1-11-5-6-12(14)9-15(11)10-13(2)7-3-4-8-13/h11-12H,3-10H2,1-2H3. The summed E-state index contributed by atoms with van der Waals surface area (Å²) in [5.74, 6) is 0. The van der Waals surface area contributed by atoms with Gasteiger partial charge in [0.05, 0.1) is 0 Å². The summed E-state index contributed by atoms with van der Waals surface area (Å²) < 4.78 is 0. The maximum atomic E-state index is 6.27. The largest absolute Gasteiger partial charge is 0.299 e.